The Morgan fingerprint density at radius 3 is 1.97 bits per heavy atom. The van der Waals surface area contributed by atoms with Gasteiger partial charge in [0.2, 0.25) is 0 Å². The molecule has 0 spiro atoms. The minimum absolute atomic E-state index is 0.0608. The Labute approximate surface area is 176 Å². The van der Waals surface area contributed by atoms with Crippen LogP contribution in [0.5, 0.6) is 0 Å². The summed E-state index contributed by atoms with van der Waals surface area (Å²) < 4.78 is 0. The Balaban J connectivity index is 1.75. The molecule has 0 amide bonds. The molecule has 150 valence electrons. The molecule has 3 rings (SSSR count). The quantitative estimate of drug-likeness (QED) is 0.272. The number of nitro groups is 1. The highest BCUT2D eigenvalue weighted by molar-refractivity contribution is 5.74. The average molecular weight is 397 g/mol. The third-order valence-electron chi connectivity index (χ3n) is 5.05. The van der Waals surface area contributed by atoms with E-state index in [1.54, 1.807) is 6.07 Å². The summed E-state index contributed by atoms with van der Waals surface area (Å²) in [6.07, 6.45) is 3.77. The van der Waals surface area contributed by atoms with Gasteiger partial charge in [0.05, 0.1) is 4.92 Å². The number of anilines is 1. The first-order chi connectivity index (χ1) is 14.5. The standard InChI is InChI=1S/C25H23N3O2/c1-3-27(4-2)24-14-12-22(13-15-24)21-10-7-19(8-11-21)5-6-20-9-16-25(28(29)30)23(17-20)18-26/h5-17H,3-4H2,1-2H3/b6-5+. The van der Waals surface area contributed by atoms with Crippen LogP contribution in [-0.4, -0.2) is 18.0 Å². The van der Waals surface area contributed by atoms with E-state index in [2.05, 4.69) is 55.1 Å². The number of benzene rings is 3. The van der Waals surface area contributed by atoms with Gasteiger partial charge in [-0.1, -0.05) is 48.6 Å². The fourth-order valence-electron chi connectivity index (χ4n) is 3.34. The lowest BCUT2D eigenvalue weighted by molar-refractivity contribution is -0.385. The van der Waals surface area contributed by atoms with Gasteiger partial charge in [-0.05, 0) is 60.4 Å². The third kappa shape index (κ3) is 4.73. The lowest BCUT2D eigenvalue weighted by Crippen LogP contribution is -2.21. The van der Waals surface area contributed by atoms with Crippen LogP contribution in [0.4, 0.5) is 11.4 Å². The van der Waals surface area contributed by atoms with Gasteiger partial charge in [0.25, 0.3) is 5.69 Å². The fraction of sp³-hybridized carbons (Fsp3) is 0.160. The molecule has 0 aromatic heterocycles. The molecule has 5 nitrogen and oxygen atoms in total. The van der Waals surface area contributed by atoms with Gasteiger partial charge in [-0.15, -0.1) is 0 Å². The van der Waals surface area contributed by atoms with Gasteiger partial charge in [0.15, 0.2) is 0 Å². The molecule has 0 unspecified atom stereocenters. The molecule has 0 bridgehead atoms. The molecular weight excluding hydrogens is 374 g/mol. The third-order valence-corrected chi connectivity index (χ3v) is 5.05. The van der Waals surface area contributed by atoms with E-state index < -0.39 is 4.92 Å². The van der Waals surface area contributed by atoms with Crippen molar-refractivity contribution in [3.8, 4) is 17.2 Å². The molecule has 0 saturated carbocycles. The van der Waals surface area contributed by atoms with Gasteiger partial charge in [-0.25, -0.2) is 0 Å². The van der Waals surface area contributed by atoms with Crippen molar-refractivity contribution in [2.24, 2.45) is 0 Å². The molecule has 0 fully saturated rings. The highest BCUT2D eigenvalue weighted by Gasteiger charge is 2.12. The lowest BCUT2D eigenvalue weighted by atomic mass is 10.0. The Morgan fingerprint density at radius 1 is 0.900 bits per heavy atom. The van der Waals surface area contributed by atoms with Gasteiger partial charge < -0.3 is 4.90 Å². The SMILES string of the molecule is CCN(CC)c1ccc(-c2ccc(/C=C/c3ccc([N+](=O)[O-])c(C#N)c3)cc2)cc1. The van der Waals surface area contributed by atoms with E-state index in [9.17, 15) is 10.1 Å². The molecule has 0 saturated heterocycles. The van der Waals surface area contributed by atoms with Crippen molar-refractivity contribution in [2.45, 2.75) is 13.8 Å². The van der Waals surface area contributed by atoms with Gasteiger partial charge >= 0.3 is 0 Å². The molecule has 3 aromatic rings. The summed E-state index contributed by atoms with van der Waals surface area (Å²) in [6.45, 7) is 6.28. The summed E-state index contributed by atoms with van der Waals surface area (Å²) in [4.78, 5) is 12.7. The molecule has 0 N–H and O–H groups in total. The Hall–Kier alpha value is -3.91. The lowest BCUT2D eigenvalue weighted by Gasteiger charge is -2.21. The number of rotatable bonds is 7. The Bertz CT molecular complexity index is 1090. The molecule has 0 atom stereocenters. The normalized spacial score (nSPS) is 10.7. The second kappa shape index (κ2) is 9.53. The minimum atomic E-state index is -0.542. The van der Waals surface area contributed by atoms with E-state index in [1.165, 1.54) is 17.8 Å². The monoisotopic (exact) mass is 397 g/mol. The van der Waals surface area contributed by atoms with Crippen LogP contribution in [0.3, 0.4) is 0 Å². The maximum atomic E-state index is 10.9. The summed E-state index contributed by atoms with van der Waals surface area (Å²) in [5.74, 6) is 0. The summed E-state index contributed by atoms with van der Waals surface area (Å²) in [5.41, 5.74) is 5.17. The molecule has 0 aliphatic heterocycles. The van der Waals surface area contributed by atoms with Crippen molar-refractivity contribution in [2.75, 3.05) is 18.0 Å². The molecule has 0 heterocycles. The van der Waals surface area contributed by atoms with Crippen molar-refractivity contribution in [1.82, 2.24) is 0 Å². The van der Waals surface area contributed by atoms with Gasteiger partial charge in [0.1, 0.15) is 11.6 Å². The first-order valence-corrected chi connectivity index (χ1v) is 9.87. The molecule has 0 radical (unpaired) electrons. The van der Waals surface area contributed by atoms with Crippen molar-refractivity contribution >= 4 is 23.5 Å². The van der Waals surface area contributed by atoms with Gasteiger partial charge in [0, 0.05) is 24.8 Å². The van der Waals surface area contributed by atoms with Crippen molar-refractivity contribution in [3.05, 3.63) is 93.5 Å². The second-order valence-corrected chi connectivity index (χ2v) is 6.82. The zero-order chi connectivity index (χ0) is 21.5. The Kier molecular flexibility index (Phi) is 6.61. The first kappa shape index (κ1) is 20.8. The van der Waals surface area contributed by atoms with Crippen LogP contribution in [0.15, 0.2) is 66.7 Å². The van der Waals surface area contributed by atoms with Gasteiger partial charge in [-0.2, -0.15) is 5.26 Å². The van der Waals surface area contributed by atoms with E-state index in [-0.39, 0.29) is 11.3 Å². The summed E-state index contributed by atoms with van der Waals surface area (Å²) >= 11 is 0. The minimum Gasteiger partial charge on any atom is -0.372 e. The fourth-order valence-corrected chi connectivity index (χ4v) is 3.34. The average Bonchev–Trinajstić information content (AvgIpc) is 2.79. The maximum absolute atomic E-state index is 10.9. The van der Waals surface area contributed by atoms with Crippen molar-refractivity contribution < 1.29 is 4.92 Å². The van der Waals surface area contributed by atoms with Crippen molar-refractivity contribution in [3.63, 3.8) is 0 Å². The van der Waals surface area contributed by atoms with Gasteiger partial charge in [-0.3, -0.25) is 10.1 Å². The molecular formula is C25H23N3O2. The van der Waals surface area contributed by atoms with E-state index in [4.69, 9.17) is 5.26 Å². The second-order valence-electron chi connectivity index (χ2n) is 6.82. The highest BCUT2D eigenvalue weighted by atomic mass is 16.6. The van der Waals surface area contributed by atoms with Crippen LogP contribution >= 0.6 is 0 Å². The van der Waals surface area contributed by atoms with E-state index in [1.807, 2.05) is 30.4 Å². The molecule has 3 aromatic carbocycles. The molecule has 0 aliphatic rings. The van der Waals surface area contributed by atoms with Crippen LogP contribution < -0.4 is 4.90 Å². The van der Waals surface area contributed by atoms with E-state index in [0.717, 1.165) is 35.3 Å². The molecule has 30 heavy (non-hydrogen) atoms. The zero-order valence-electron chi connectivity index (χ0n) is 17.1. The van der Waals surface area contributed by atoms with E-state index >= 15 is 0 Å². The number of hydrogen-bond acceptors (Lipinski definition) is 4. The highest BCUT2D eigenvalue weighted by Crippen LogP contribution is 2.25. The zero-order valence-corrected chi connectivity index (χ0v) is 17.1. The number of nitriles is 1. The van der Waals surface area contributed by atoms with Crippen LogP contribution in [0.1, 0.15) is 30.5 Å². The van der Waals surface area contributed by atoms with Crippen molar-refractivity contribution in [1.29, 1.82) is 5.26 Å². The summed E-state index contributed by atoms with van der Waals surface area (Å²) in [6, 6.07) is 23.2. The number of nitrogens with zero attached hydrogens (tertiary/aromatic N) is 3. The number of hydrogen-bond donors (Lipinski definition) is 0. The summed E-state index contributed by atoms with van der Waals surface area (Å²) in [7, 11) is 0. The maximum Gasteiger partial charge on any atom is 0.287 e. The Morgan fingerprint density at radius 2 is 1.43 bits per heavy atom. The topological polar surface area (TPSA) is 70.2 Å². The van der Waals surface area contributed by atoms with Crippen LogP contribution in [0, 0.1) is 21.4 Å². The first-order valence-electron chi connectivity index (χ1n) is 9.87. The molecule has 5 heteroatoms. The largest absolute Gasteiger partial charge is 0.372 e. The van der Waals surface area contributed by atoms with E-state index in [0.29, 0.717) is 0 Å². The smallest absolute Gasteiger partial charge is 0.287 e. The van der Waals surface area contributed by atoms with Crippen LogP contribution in [0.25, 0.3) is 23.3 Å². The predicted molar refractivity (Wildman–Crippen MR) is 122 cm³/mol. The van der Waals surface area contributed by atoms with Crippen LogP contribution in [-0.2, 0) is 0 Å². The van der Waals surface area contributed by atoms with Crippen LogP contribution in [0.2, 0.25) is 0 Å². The predicted octanol–water partition coefficient (Wildman–Crippen LogP) is 6.15. The summed E-state index contributed by atoms with van der Waals surface area (Å²) in [5, 5.41) is 20.0. The number of nitro benzene ring substituents is 1. The molecule has 0 aliphatic carbocycles.